The molecular weight excluding hydrogens is 194 g/mol. The van der Waals surface area contributed by atoms with Crippen LogP contribution >= 0.6 is 0 Å². The number of nitrogens with zero attached hydrogens (tertiary/aromatic N) is 1. The van der Waals surface area contributed by atoms with Crippen molar-refractivity contribution in [3.63, 3.8) is 0 Å². The molecule has 0 heterocycles. The van der Waals surface area contributed by atoms with Gasteiger partial charge < -0.3 is 10.0 Å². The van der Waals surface area contributed by atoms with E-state index in [-0.39, 0.29) is 12.3 Å². The molecule has 1 rings (SSSR count). The highest BCUT2D eigenvalue weighted by Gasteiger charge is 2.46. The van der Waals surface area contributed by atoms with Crippen LogP contribution in [0.15, 0.2) is 0 Å². The summed E-state index contributed by atoms with van der Waals surface area (Å²) in [6.07, 6.45) is 3.29. The molecule has 0 unspecified atom stereocenters. The second-order valence-corrected chi connectivity index (χ2v) is 4.43. The molecule has 15 heavy (non-hydrogen) atoms. The van der Waals surface area contributed by atoms with Gasteiger partial charge in [-0.3, -0.25) is 9.59 Å². The molecule has 4 nitrogen and oxygen atoms in total. The van der Waals surface area contributed by atoms with Gasteiger partial charge in [-0.25, -0.2) is 0 Å². The Hall–Kier alpha value is -1.06. The van der Waals surface area contributed by atoms with Gasteiger partial charge in [0.25, 0.3) is 0 Å². The SMILES string of the molecule is CCCN(C)C(=O)CC1(C(=O)O)CCC1. The number of carbonyl (C=O) groups is 2. The van der Waals surface area contributed by atoms with Gasteiger partial charge in [0.15, 0.2) is 0 Å². The summed E-state index contributed by atoms with van der Waals surface area (Å²) in [6.45, 7) is 2.70. The molecule has 1 fully saturated rings. The molecule has 0 aromatic carbocycles. The van der Waals surface area contributed by atoms with E-state index in [1.165, 1.54) is 0 Å². The molecule has 0 aromatic heterocycles. The molecule has 0 aromatic rings. The van der Waals surface area contributed by atoms with E-state index in [9.17, 15) is 9.59 Å². The average Bonchev–Trinajstić information content (AvgIpc) is 2.10. The summed E-state index contributed by atoms with van der Waals surface area (Å²) in [7, 11) is 1.74. The topological polar surface area (TPSA) is 57.6 Å². The normalized spacial score (nSPS) is 18.0. The van der Waals surface area contributed by atoms with Crippen molar-refractivity contribution in [3.8, 4) is 0 Å². The molecule has 1 amide bonds. The van der Waals surface area contributed by atoms with E-state index in [2.05, 4.69) is 0 Å². The lowest BCUT2D eigenvalue weighted by atomic mass is 9.66. The number of amides is 1. The maximum atomic E-state index is 11.7. The van der Waals surface area contributed by atoms with E-state index in [0.717, 1.165) is 12.8 Å². The fourth-order valence-electron chi connectivity index (χ4n) is 1.95. The smallest absolute Gasteiger partial charge is 0.310 e. The van der Waals surface area contributed by atoms with Crippen molar-refractivity contribution in [1.82, 2.24) is 4.90 Å². The first-order valence-corrected chi connectivity index (χ1v) is 5.49. The van der Waals surface area contributed by atoms with Crippen molar-refractivity contribution in [2.24, 2.45) is 5.41 Å². The molecule has 1 saturated carbocycles. The van der Waals surface area contributed by atoms with Crippen molar-refractivity contribution in [3.05, 3.63) is 0 Å². The predicted octanol–water partition coefficient (Wildman–Crippen LogP) is 1.50. The average molecular weight is 213 g/mol. The third kappa shape index (κ3) is 2.49. The molecule has 4 heteroatoms. The molecule has 0 aliphatic heterocycles. The van der Waals surface area contributed by atoms with Crippen molar-refractivity contribution >= 4 is 11.9 Å². The van der Waals surface area contributed by atoms with Gasteiger partial charge in [-0.2, -0.15) is 0 Å². The molecule has 1 aliphatic rings. The van der Waals surface area contributed by atoms with Crippen LogP contribution in [-0.4, -0.2) is 35.5 Å². The second kappa shape index (κ2) is 4.64. The van der Waals surface area contributed by atoms with Gasteiger partial charge >= 0.3 is 5.97 Å². The fraction of sp³-hybridized carbons (Fsp3) is 0.818. The minimum absolute atomic E-state index is 0.0426. The van der Waals surface area contributed by atoms with E-state index in [1.54, 1.807) is 11.9 Å². The number of carboxylic acids is 1. The van der Waals surface area contributed by atoms with E-state index in [1.807, 2.05) is 6.92 Å². The maximum Gasteiger partial charge on any atom is 0.310 e. The van der Waals surface area contributed by atoms with E-state index < -0.39 is 11.4 Å². The quantitative estimate of drug-likeness (QED) is 0.753. The van der Waals surface area contributed by atoms with Gasteiger partial charge in [0.2, 0.25) is 5.91 Å². The van der Waals surface area contributed by atoms with E-state index >= 15 is 0 Å². The highest BCUT2D eigenvalue weighted by molar-refractivity contribution is 5.85. The van der Waals surface area contributed by atoms with Crippen LogP contribution in [0.1, 0.15) is 39.0 Å². The lowest BCUT2D eigenvalue weighted by Crippen LogP contribution is -2.43. The number of carboxylic acid groups (broad SMARTS) is 1. The molecular formula is C11H19NO3. The summed E-state index contributed by atoms with van der Waals surface area (Å²) in [4.78, 5) is 24.4. The molecule has 0 atom stereocenters. The molecule has 86 valence electrons. The molecule has 1 aliphatic carbocycles. The highest BCUT2D eigenvalue weighted by atomic mass is 16.4. The van der Waals surface area contributed by atoms with Crippen LogP contribution in [0, 0.1) is 5.41 Å². The van der Waals surface area contributed by atoms with Gasteiger partial charge in [-0.1, -0.05) is 13.3 Å². The van der Waals surface area contributed by atoms with Crippen LogP contribution in [0.25, 0.3) is 0 Å². The number of aliphatic carboxylic acids is 1. The monoisotopic (exact) mass is 213 g/mol. The van der Waals surface area contributed by atoms with Crippen LogP contribution in [-0.2, 0) is 9.59 Å². The van der Waals surface area contributed by atoms with Crippen LogP contribution in [0.5, 0.6) is 0 Å². The summed E-state index contributed by atoms with van der Waals surface area (Å²) in [5.74, 6) is -0.856. The number of hydrogen-bond acceptors (Lipinski definition) is 2. The largest absolute Gasteiger partial charge is 0.481 e. The Morgan fingerprint density at radius 3 is 2.33 bits per heavy atom. The van der Waals surface area contributed by atoms with Gasteiger partial charge in [0.1, 0.15) is 0 Å². The standard InChI is InChI=1S/C11H19NO3/c1-3-7-12(2)9(13)8-11(10(14)15)5-4-6-11/h3-8H2,1-2H3,(H,14,15). The summed E-state index contributed by atoms with van der Waals surface area (Å²) in [6, 6.07) is 0. The van der Waals surface area contributed by atoms with Crippen LogP contribution in [0.2, 0.25) is 0 Å². The first-order chi connectivity index (χ1) is 7.02. The Kier molecular flexibility index (Phi) is 3.72. The first kappa shape index (κ1) is 12.0. The zero-order chi connectivity index (χ0) is 11.5. The second-order valence-electron chi connectivity index (χ2n) is 4.43. The Balaban J connectivity index is 2.52. The molecule has 0 saturated heterocycles. The summed E-state index contributed by atoms with van der Waals surface area (Å²) >= 11 is 0. The van der Waals surface area contributed by atoms with Crippen molar-refractivity contribution in [2.45, 2.75) is 39.0 Å². The maximum absolute atomic E-state index is 11.7. The van der Waals surface area contributed by atoms with Crippen molar-refractivity contribution in [1.29, 1.82) is 0 Å². The number of carbonyl (C=O) groups excluding carboxylic acids is 1. The zero-order valence-corrected chi connectivity index (χ0v) is 9.45. The third-order valence-corrected chi connectivity index (χ3v) is 3.24. The van der Waals surface area contributed by atoms with Crippen LogP contribution in [0.4, 0.5) is 0 Å². The number of hydrogen-bond donors (Lipinski definition) is 1. The predicted molar refractivity (Wildman–Crippen MR) is 56.5 cm³/mol. The van der Waals surface area contributed by atoms with Crippen molar-refractivity contribution in [2.75, 3.05) is 13.6 Å². The molecule has 1 N–H and O–H groups in total. The summed E-state index contributed by atoms with van der Waals surface area (Å²) in [5.41, 5.74) is -0.751. The fourth-order valence-corrected chi connectivity index (χ4v) is 1.95. The number of rotatable bonds is 5. The van der Waals surface area contributed by atoms with Crippen LogP contribution in [0.3, 0.4) is 0 Å². The Labute approximate surface area is 90.3 Å². The third-order valence-electron chi connectivity index (χ3n) is 3.24. The van der Waals surface area contributed by atoms with Crippen LogP contribution < -0.4 is 0 Å². The Morgan fingerprint density at radius 1 is 1.40 bits per heavy atom. The van der Waals surface area contributed by atoms with Gasteiger partial charge in [0.05, 0.1) is 5.41 Å². The van der Waals surface area contributed by atoms with Gasteiger partial charge in [0, 0.05) is 20.0 Å². The minimum atomic E-state index is -0.813. The van der Waals surface area contributed by atoms with E-state index in [0.29, 0.717) is 19.4 Å². The molecule has 0 radical (unpaired) electrons. The first-order valence-electron chi connectivity index (χ1n) is 5.49. The summed E-state index contributed by atoms with van der Waals surface area (Å²) in [5, 5.41) is 9.07. The Bertz CT molecular complexity index is 259. The lowest BCUT2D eigenvalue weighted by Gasteiger charge is -2.37. The van der Waals surface area contributed by atoms with E-state index in [4.69, 9.17) is 5.11 Å². The molecule has 0 bridgehead atoms. The van der Waals surface area contributed by atoms with Gasteiger partial charge in [-0.05, 0) is 19.3 Å². The highest BCUT2D eigenvalue weighted by Crippen LogP contribution is 2.44. The van der Waals surface area contributed by atoms with Crippen molar-refractivity contribution < 1.29 is 14.7 Å². The zero-order valence-electron chi connectivity index (χ0n) is 9.45. The Morgan fingerprint density at radius 2 is 2.00 bits per heavy atom. The summed E-state index contributed by atoms with van der Waals surface area (Å²) < 4.78 is 0. The van der Waals surface area contributed by atoms with Gasteiger partial charge in [-0.15, -0.1) is 0 Å². The molecule has 0 spiro atoms. The minimum Gasteiger partial charge on any atom is -0.481 e. The lowest BCUT2D eigenvalue weighted by molar-refractivity contribution is -0.159.